The maximum Gasteiger partial charge on any atom is 0.0638 e. The second-order valence-corrected chi connectivity index (χ2v) is 2.99. The molecule has 0 amide bonds. The lowest BCUT2D eigenvalue weighted by molar-refractivity contribution is 1.44. The molecule has 58 valence electrons. The molecule has 1 aromatic carbocycles. The maximum absolute atomic E-state index is 4.22. The molecule has 0 radical (unpaired) electrons. The summed E-state index contributed by atoms with van der Waals surface area (Å²) in [6.45, 7) is 2.07. The van der Waals surface area contributed by atoms with E-state index in [-0.39, 0.29) is 0 Å². The van der Waals surface area contributed by atoms with Crippen LogP contribution in [0.2, 0.25) is 0 Å². The molecule has 1 rings (SSSR count). The van der Waals surface area contributed by atoms with Crippen LogP contribution in [0.15, 0.2) is 29.3 Å². The molecule has 0 fully saturated rings. The van der Waals surface area contributed by atoms with E-state index in [0.717, 1.165) is 5.69 Å². The van der Waals surface area contributed by atoms with Gasteiger partial charge in [-0.05, 0) is 30.9 Å². The van der Waals surface area contributed by atoms with E-state index >= 15 is 0 Å². The van der Waals surface area contributed by atoms with Gasteiger partial charge in [0.1, 0.15) is 0 Å². The molecule has 0 aliphatic heterocycles. The molecule has 0 aromatic heterocycles. The smallest absolute Gasteiger partial charge is 0.0638 e. The third-order valence-corrected chi connectivity index (χ3v) is 1.63. The fourth-order valence-corrected chi connectivity index (χ4v) is 1.05. The van der Waals surface area contributed by atoms with Crippen molar-refractivity contribution in [2.75, 3.05) is 6.26 Å². The molecule has 0 heterocycles. The number of hydrogen-bond acceptors (Lipinski definition) is 2. The summed E-state index contributed by atoms with van der Waals surface area (Å²) in [5.41, 5.74) is 4.12. The first-order chi connectivity index (χ1) is 5.33. The van der Waals surface area contributed by atoms with E-state index in [1.54, 1.807) is 11.8 Å². The second kappa shape index (κ2) is 4.19. The molecule has 0 saturated carbocycles. The van der Waals surface area contributed by atoms with Crippen molar-refractivity contribution in [3.63, 3.8) is 0 Å². The van der Waals surface area contributed by atoms with Crippen LogP contribution in [-0.2, 0) is 0 Å². The summed E-state index contributed by atoms with van der Waals surface area (Å²) in [5.74, 6) is 0. The van der Waals surface area contributed by atoms with Crippen LogP contribution in [0.5, 0.6) is 0 Å². The van der Waals surface area contributed by atoms with Crippen LogP contribution in [0.4, 0.5) is 5.69 Å². The third kappa shape index (κ3) is 2.76. The van der Waals surface area contributed by atoms with Crippen molar-refractivity contribution in [1.82, 2.24) is 0 Å². The number of aliphatic imine (C=N–C) groups is 1. The monoisotopic (exact) mass is 165 g/mol. The third-order valence-electron chi connectivity index (χ3n) is 1.31. The van der Waals surface area contributed by atoms with E-state index < -0.39 is 0 Å². The van der Waals surface area contributed by atoms with Gasteiger partial charge >= 0.3 is 0 Å². The first kappa shape index (κ1) is 8.34. The number of aryl methyl sites for hydroxylation is 1. The summed E-state index contributed by atoms with van der Waals surface area (Å²) >= 11 is 1.61. The molecule has 1 nitrogen and oxygen atoms in total. The van der Waals surface area contributed by atoms with Gasteiger partial charge < -0.3 is 0 Å². The molecule has 0 aliphatic carbocycles. The highest BCUT2D eigenvalue weighted by Crippen LogP contribution is 2.12. The van der Waals surface area contributed by atoms with Crippen molar-refractivity contribution in [3.05, 3.63) is 29.8 Å². The number of hydrogen-bond donors (Lipinski definition) is 0. The van der Waals surface area contributed by atoms with Gasteiger partial charge in [-0.25, -0.2) is 0 Å². The normalized spacial score (nSPS) is 10.7. The minimum atomic E-state index is 1.03. The number of nitrogens with zero attached hydrogens (tertiary/aromatic N) is 1. The van der Waals surface area contributed by atoms with Crippen LogP contribution < -0.4 is 0 Å². The number of rotatable bonds is 2. The average molecular weight is 165 g/mol. The predicted molar refractivity (Wildman–Crippen MR) is 52.8 cm³/mol. The van der Waals surface area contributed by atoms with Crippen molar-refractivity contribution in [2.24, 2.45) is 4.99 Å². The quantitative estimate of drug-likeness (QED) is 0.484. The fourth-order valence-electron chi connectivity index (χ4n) is 0.822. The van der Waals surface area contributed by atoms with Crippen LogP contribution in [0, 0.1) is 6.92 Å². The predicted octanol–water partition coefficient (Wildman–Crippen LogP) is 3.02. The van der Waals surface area contributed by atoms with Gasteiger partial charge in [0.15, 0.2) is 0 Å². The molecule has 0 aliphatic rings. The lowest BCUT2D eigenvalue weighted by Gasteiger charge is -1.93. The van der Waals surface area contributed by atoms with Crippen LogP contribution in [0.3, 0.4) is 0 Å². The lowest BCUT2D eigenvalue weighted by Crippen LogP contribution is -1.69. The first-order valence-corrected chi connectivity index (χ1v) is 4.74. The van der Waals surface area contributed by atoms with Crippen molar-refractivity contribution < 1.29 is 0 Å². The largest absolute Gasteiger partial charge is 0.250 e. The number of thioether (sulfide) groups is 1. The van der Waals surface area contributed by atoms with Crippen LogP contribution in [0.1, 0.15) is 5.56 Å². The molecule has 0 spiro atoms. The Balaban J connectivity index is 2.79. The topological polar surface area (TPSA) is 12.4 Å². The number of benzene rings is 1. The Kier molecular flexibility index (Phi) is 3.17. The Morgan fingerprint density at radius 1 is 1.45 bits per heavy atom. The Morgan fingerprint density at radius 2 is 2.27 bits per heavy atom. The minimum absolute atomic E-state index is 1.03. The van der Waals surface area contributed by atoms with Gasteiger partial charge in [0, 0.05) is 0 Å². The highest BCUT2D eigenvalue weighted by atomic mass is 32.2. The maximum atomic E-state index is 4.22. The zero-order valence-electron chi connectivity index (χ0n) is 6.74. The van der Waals surface area contributed by atoms with Gasteiger partial charge in [-0.3, -0.25) is 4.99 Å². The summed E-state index contributed by atoms with van der Waals surface area (Å²) in [6, 6.07) is 8.15. The van der Waals surface area contributed by atoms with Crippen molar-refractivity contribution in [2.45, 2.75) is 6.92 Å². The molecule has 0 saturated heterocycles. The van der Waals surface area contributed by atoms with Gasteiger partial charge in [0.2, 0.25) is 0 Å². The fraction of sp³-hybridized carbons (Fsp3) is 0.222. The zero-order chi connectivity index (χ0) is 8.10. The Labute approximate surface area is 71.5 Å². The summed E-state index contributed by atoms with van der Waals surface area (Å²) in [6.07, 6.45) is 2.00. The Bertz CT molecular complexity index is 255. The minimum Gasteiger partial charge on any atom is -0.250 e. The van der Waals surface area contributed by atoms with Gasteiger partial charge in [0.25, 0.3) is 0 Å². The Hall–Kier alpha value is -0.760. The summed E-state index contributed by atoms with van der Waals surface area (Å²) < 4.78 is 0. The van der Waals surface area contributed by atoms with E-state index in [9.17, 15) is 0 Å². The van der Waals surface area contributed by atoms with Gasteiger partial charge in [-0.2, -0.15) is 0 Å². The van der Waals surface area contributed by atoms with E-state index in [1.807, 2.05) is 23.9 Å². The molecule has 0 atom stereocenters. The average Bonchev–Trinajstić information content (AvgIpc) is 2.01. The lowest BCUT2D eigenvalue weighted by atomic mass is 10.2. The summed E-state index contributed by atoms with van der Waals surface area (Å²) in [4.78, 5) is 4.22. The Morgan fingerprint density at radius 3 is 2.91 bits per heavy atom. The van der Waals surface area contributed by atoms with E-state index in [1.165, 1.54) is 5.56 Å². The van der Waals surface area contributed by atoms with Crippen LogP contribution >= 0.6 is 11.8 Å². The molecule has 2 heteroatoms. The van der Waals surface area contributed by atoms with Crippen LogP contribution in [0.25, 0.3) is 0 Å². The van der Waals surface area contributed by atoms with Crippen molar-refractivity contribution in [1.29, 1.82) is 0 Å². The molecule has 0 N–H and O–H groups in total. The summed E-state index contributed by atoms with van der Waals surface area (Å²) in [7, 11) is 0. The molecular weight excluding hydrogens is 154 g/mol. The van der Waals surface area contributed by atoms with Crippen LogP contribution in [-0.4, -0.2) is 11.8 Å². The molecule has 0 bridgehead atoms. The highest BCUT2D eigenvalue weighted by Gasteiger charge is 1.86. The summed E-state index contributed by atoms with van der Waals surface area (Å²) in [5, 5.41) is 0. The molecule has 11 heavy (non-hydrogen) atoms. The standard InChI is InChI=1S/C9H11NS/c1-8-4-3-5-9(6-8)10-7-11-2/h3-7H,1-2H3. The first-order valence-electron chi connectivity index (χ1n) is 3.45. The SMILES string of the molecule is CSC=Nc1cccc(C)c1. The highest BCUT2D eigenvalue weighted by molar-refractivity contribution is 8.11. The molecule has 1 aromatic rings. The van der Waals surface area contributed by atoms with E-state index in [2.05, 4.69) is 24.0 Å². The molecular formula is C9H11NS. The van der Waals surface area contributed by atoms with Gasteiger partial charge in [-0.15, -0.1) is 11.8 Å². The van der Waals surface area contributed by atoms with Crippen molar-refractivity contribution >= 4 is 23.0 Å². The second-order valence-electron chi connectivity index (χ2n) is 2.31. The van der Waals surface area contributed by atoms with E-state index in [0.29, 0.717) is 0 Å². The van der Waals surface area contributed by atoms with E-state index in [4.69, 9.17) is 0 Å². The van der Waals surface area contributed by atoms with Gasteiger partial charge in [0.05, 0.1) is 11.2 Å². The van der Waals surface area contributed by atoms with Gasteiger partial charge in [-0.1, -0.05) is 12.1 Å². The zero-order valence-corrected chi connectivity index (χ0v) is 7.56. The molecule has 0 unspecified atom stereocenters. The van der Waals surface area contributed by atoms with Crippen molar-refractivity contribution in [3.8, 4) is 0 Å².